The molecule has 0 bridgehead atoms. The molecule has 3 rings (SSSR count). The smallest absolute Gasteiger partial charge is 0.268 e. The highest BCUT2D eigenvalue weighted by atomic mass is 35.5. The second kappa shape index (κ2) is 4.64. The number of rotatable bonds is 1. The molecule has 5 heteroatoms. The van der Waals surface area contributed by atoms with Crippen LogP contribution in [0.2, 0.25) is 5.02 Å². The van der Waals surface area contributed by atoms with Gasteiger partial charge in [0, 0.05) is 9.72 Å². The molecule has 0 spiro atoms. The quantitative estimate of drug-likeness (QED) is 0.690. The number of aromatic nitrogens is 1. The molecule has 0 saturated heterocycles. The van der Waals surface area contributed by atoms with Gasteiger partial charge in [0.1, 0.15) is 0 Å². The Morgan fingerprint density at radius 3 is 2.37 bits per heavy atom. The third-order valence-electron chi connectivity index (χ3n) is 2.79. The van der Waals surface area contributed by atoms with Crippen molar-refractivity contribution in [1.82, 2.24) is 4.57 Å². The van der Waals surface area contributed by atoms with Crippen LogP contribution < -0.4 is 10.4 Å². The molecule has 2 aromatic carbocycles. The molecule has 0 amide bonds. The summed E-state index contributed by atoms with van der Waals surface area (Å²) in [6.07, 6.45) is 0. The molecule has 1 aromatic heterocycles. The summed E-state index contributed by atoms with van der Waals surface area (Å²) in [5.74, 6) is 0. The van der Waals surface area contributed by atoms with E-state index >= 15 is 0 Å². The fourth-order valence-corrected chi connectivity index (χ4v) is 2.89. The van der Waals surface area contributed by atoms with Gasteiger partial charge in [0.15, 0.2) is 0 Å². The number of fused-ring (bicyclic) bond motifs is 1. The Morgan fingerprint density at radius 1 is 0.947 bits per heavy atom. The minimum Gasteiger partial charge on any atom is -0.268 e. The molecule has 0 saturated carbocycles. The van der Waals surface area contributed by atoms with Crippen LogP contribution in [0.15, 0.2) is 58.1 Å². The first-order valence-electron chi connectivity index (χ1n) is 5.58. The van der Waals surface area contributed by atoms with E-state index in [1.54, 1.807) is 42.5 Å². The van der Waals surface area contributed by atoms with Crippen molar-refractivity contribution in [1.29, 1.82) is 0 Å². The molecule has 0 N–H and O–H groups in total. The lowest BCUT2D eigenvalue weighted by atomic mass is 10.2. The van der Waals surface area contributed by atoms with Gasteiger partial charge in [-0.15, -0.1) is 0 Å². The summed E-state index contributed by atoms with van der Waals surface area (Å²) in [5.41, 5.74) is 0.225. The van der Waals surface area contributed by atoms with Crippen molar-refractivity contribution in [3.63, 3.8) is 0 Å². The van der Waals surface area contributed by atoms with Crippen molar-refractivity contribution in [2.24, 2.45) is 0 Å². The predicted molar refractivity (Wildman–Crippen MR) is 78.7 cm³/mol. The van der Waals surface area contributed by atoms with Gasteiger partial charge < -0.3 is 0 Å². The minimum absolute atomic E-state index is 0.300. The third kappa shape index (κ3) is 2.09. The lowest BCUT2D eigenvalue weighted by molar-refractivity contribution is 0.986. The Bertz CT molecular complexity index is 865. The van der Waals surface area contributed by atoms with E-state index in [2.05, 4.69) is 0 Å². The van der Waals surface area contributed by atoms with Crippen LogP contribution in [0.25, 0.3) is 15.8 Å². The summed E-state index contributed by atoms with van der Waals surface area (Å²) in [5, 5.41) is 1.11. The van der Waals surface area contributed by atoms with Crippen LogP contribution in [0.1, 0.15) is 0 Å². The highest BCUT2D eigenvalue weighted by Crippen LogP contribution is 2.14. The summed E-state index contributed by atoms with van der Waals surface area (Å²) >= 11 is 6.87. The molecule has 94 valence electrons. The summed E-state index contributed by atoms with van der Waals surface area (Å²) in [6.45, 7) is 0. The Balaban J connectivity index is 2.39. The molecule has 0 atom stereocenters. The zero-order valence-corrected chi connectivity index (χ0v) is 11.2. The Hall–Kier alpha value is -1.91. The Kier molecular flexibility index (Phi) is 2.97. The molecule has 0 unspecified atom stereocenters. The zero-order valence-electron chi connectivity index (χ0n) is 9.67. The molecule has 19 heavy (non-hydrogen) atoms. The summed E-state index contributed by atoms with van der Waals surface area (Å²) in [4.78, 5) is 24.2. The third-order valence-corrected chi connectivity index (χ3v) is 3.97. The van der Waals surface area contributed by atoms with Gasteiger partial charge >= 0.3 is 4.87 Å². The Morgan fingerprint density at radius 2 is 1.63 bits per heavy atom. The molecule has 0 fully saturated rings. The predicted octanol–water partition coefficient (Wildman–Crippen LogP) is 3.07. The van der Waals surface area contributed by atoms with Crippen molar-refractivity contribution >= 4 is 33.0 Å². The van der Waals surface area contributed by atoms with Gasteiger partial charge in [-0.2, -0.15) is 0 Å². The molecular formula is C14H8ClNO2S. The lowest BCUT2D eigenvalue weighted by Gasteiger charge is -2.05. The first kappa shape index (κ1) is 12.1. The van der Waals surface area contributed by atoms with Crippen molar-refractivity contribution < 1.29 is 0 Å². The fraction of sp³-hybridized carbons (Fsp3) is 0. The van der Waals surface area contributed by atoms with Crippen LogP contribution in [0, 0.1) is 0 Å². The second-order valence-electron chi connectivity index (χ2n) is 3.98. The maximum Gasteiger partial charge on any atom is 0.315 e. The molecule has 3 aromatic rings. The highest BCUT2D eigenvalue weighted by molar-refractivity contribution is 7.16. The van der Waals surface area contributed by atoms with E-state index in [0.717, 1.165) is 11.3 Å². The number of halogens is 1. The van der Waals surface area contributed by atoms with Crippen LogP contribution in [0.5, 0.6) is 0 Å². The van der Waals surface area contributed by atoms with E-state index in [4.69, 9.17) is 11.6 Å². The zero-order chi connectivity index (χ0) is 13.4. The van der Waals surface area contributed by atoms with Crippen LogP contribution in [-0.2, 0) is 0 Å². The average molecular weight is 290 g/mol. The van der Waals surface area contributed by atoms with Crippen molar-refractivity contribution in [3.8, 4) is 5.69 Å². The van der Waals surface area contributed by atoms with E-state index in [9.17, 15) is 9.59 Å². The molecular weight excluding hydrogens is 282 g/mol. The molecule has 0 radical (unpaired) electrons. The number of hydrogen-bond acceptors (Lipinski definition) is 3. The van der Waals surface area contributed by atoms with Crippen molar-refractivity contribution in [2.75, 3.05) is 0 Å². The number of benzene rings is 2. The SMILES string of the molecule is O=c1sc2ccccc2c(=O)n1-c1ccc(Cl)cc1. The monoisotopic (exact) mass is 289 g/mol. The summed E-state index contributed by atoms with van der Waals surface area (Å²) < 4.78 is 1.87. The maximum absolute atomic E-state index is 12.4. The first-order valence-corrected chi connectivity index (χ1v) is 6.77. The summed E-state index contributed by atoms with van der Waals surface area (Å²) in [6, 6.07) is 13.7. The molecule has 3 nitrogen and oxygen atoms in total. The fourth-order valence-electron chi connectivity index (χ4n) is 1.89. The minimum atomic E-state index is -0.304. The topological polar surface area (TPSA) is 39.1 Å². The molecule has 0 aliphatic rings. The molecule has 0 aliphatic carbocycles. The average Bonchev–Trinajstić information content (AvgIpc) is 2.41. The van der Waals surface area contributed by atoms with Gasteiger partial charge in [-0.25, -0.2) is 4.57 Å². The van der Waals surface area contributed by atoms with Gasteiger partial charge in [0.05, 0.1) is 11.1 Å². The van der Waals surface area contributed by atoms with E-state index in [0.29, 0.717) is 20.8 Å². The highest BCUT2D eigenvalue weighted by Gasteiger charge is 2.09. The number of nitrogens with zero attached hydrogens (tertiary/aromatic N) is 1. The maximum atomic E-state index is 12.4. The van der Waals surface area contributed by atoms with E-state index in [1.165, 1.54) is 4.57 Å². The summed E-state index contributed by atoms with van der Waals surface area (Å²) in [7, 11) is 0. The van der Waals surface area contributed by atoms with Gasteiger partial charge in [-0.1, -0.05) is 35.1 Å². The lowest BCUT2D eigenvalue weighted by Crippen LogP contribution is -2.29. The van der Waals surface area contributed by atoms with Crippen molar-refractivity contribution in [3.05, 3.63) is 73.6 Å². The van der Waals surface area contributed by atoms with E-state index in [1.807, 2.05) is 6.07 Å². The van der Waals surface area contributed by atoms with Crippen LogP contribution in [-0.4, -0.2) is 4.57 Å². The number of hydrogen-bond donors (Lipinski definition) is 0. The molecule has 1 heterocycles. The van der Waals surface area contributed by atoms with E-state index < -0.39 is 0 Å². The largest absolute Gasteiger partial charge is 0.315 e. The standard InChI is InChI=1S/C14H8ClNO2S/c15-9-5-7-10(8-6-9)16-13(17)11-3-1-2-4-12(11)19-14(16)18/h1-8H. The van der Waals surface area contributed by atoms with Crippen LogP contribution in [0.3, 0.4) is 0 Å². The van der Waals surface area contributed by atoms with E-state index in [-0.39, 0.29) is 10.4 Å². The normalized spacial score (nSPS) is 10.8. The van der Waals surface area contributed by atoms with Gasteiger partial charge in [-0.3, -0.25) is 9.59 Å². The van der Waals surface area contributed by atoms with Gasteiger partial charge in [-0.05, 0) is 36.4 Å². The van der Waals surface area contributed by atoms with Gasteiger partial charge in [0.25, 0.3) is 5.56 Å². The second-order valence-corrected chi connectivity index (χ2v) is 5.41. The molecule has 0 aliphatic heterocycles. The Labute approximate surface area is 117 Å². The van der Waals surface area contributed by atoms with Gasteiger partial charge in [0.2, 0.25) is 0 Å². The van der Waals surface area contributed by atoms with Crippen LogP contribution in [0.4, 0.5) is 0 Å². The van der Waals surface area contributed by atoms with Crippen LogP contribution >= 0.6 is 22.9 Å². The van der Waals surface area contributed by atoms with Crippen molar-refractivity contribution in [2.45, 2.75) is 0 Å². The first-order chi connectivity index (χ1) is 9.16.